The van der Waals surface area contributed by atoms with Gasteiger partial charge in [-0.25, -0.2) is 0 Å². The summed E-state index contributed by atoms with van der Waals surface area (Å²) in [5, 5.41) is 20.5. The van der Waals surface area contributed by atoms with Crippen LogP contribution >= 0.6 is 0 Å². The highest BCUT2D eigenvalue weighted by molar-refractivity contribution is 6.12. The lowest BCUT2D eigenvalue weighted by Crippen LogP contribution is -2.52. The first-order chi connectivity index (χ1) is 28.1. The molecule has 9 atom stereocenters. The van der Waals surface area contributed by atoms with Gasteiger partial charge < -0.3 is 40.0 Å². The Kier molecular flexibility index (Phi) is 16.9. The first-order valence-electron chi connectivity index (χ1n) is 21.7. The summed E-state index contributed by atoms with van der Waals surface area (Å²) in [4.78, 5) is 73.9. The maximum Gasteiger partial charge on any atom is 0.303 e. The van der Waals surface area contributed by atoms with Crippen molar-refractivity contribution in [2.75, 3.05) is 13.2 Å². The number of carbonyl (C=O) groups is 6. The maximum absolute atomic E-state index is 13.2. The first kappa shape index (κ1) is 46.2. The molecule has 0 radical (unpaired) electrons. The van der Waals surface area contributed by atoms with Gasteiger partial charge in [-0.3, -0.25) is 33.7 Å². The topological polar surface area (TPSA) is 202 Å². The lowest BCUT2D eigenvalue weighted by Gasteiger charge is -2.39. The number of amides is 5. The van der Waals surface area contributed by atoms with Crippen molar-refractivity contribution in [3.05, 3.63) is 36.0 Å². The van der Waals surface area contributed by atoms with Gasteiger partial charge in [0.05, 0.1) is 43.5 Å². The standard InChI is InChI=1S/C44H66N4O11/c1-27(10-17-36-28(2)23-35(30(4)58-36)47-39(51)19-12-29(3)57-31(5)49)11-18-37-43(55)44(26-56-44)25-34(59-37)24-40(52)46-33-15-13-32(14-16-33)45-38(50)9-7-6-8-22-48-41(53)20-21-42(48)54/h10,12,19-21,28-30,32-37,43,55H,6-9,11,13-18,22-26H2,1-5H3,(H,45,50)(H,46,52)(H,47,51). The fourth-order valence-corrected chi connectivity index (χ4v) is 8.76. The molecule has 0 aromatic rings. The molecule has 3 saturated heterocycles. The lowest BCUT2D eigenvalue weighted by molar-refractivity contribution is -0.160. The number of hydrogen-bond acceptors (Lipinski definition) is 11. The molecule has 15 nitrogen and oxygen atoms in total. The smallest absolute Gasteiger partial charge is 0.303 e. The predicted octanol–water partition coefficient (Wildman–Crippen LogP) is 3.62. The average Bonchev–Trinajstić information content (AvgIpc) is 3.88. The Labute approximate surface area is 348 Å². The summed E-state index contributed by atoms with van der Waals surface area (Å²) in [5.41, 5.74) is 0.502. The number of esters is 1. The number of epoxide rings is 1. The number of ether oxygens (including phenoxy) is 4. The zero-order valence-corrected chi connectivity index (χ0v) is 35.5. The maximum atomic E-state index is 13.2. The van der Waals surface area contributed by atoms with Gasteiger partial charge in [0.2, 0.25) is 17.7 Å². The van der Waals surface area contributed by atoms with Gasteiger partial charge in [-0.2, -0.15) is 0 Å². The van der Waals surface area contributed by atoms with Gasteiger partial charge in [-0.15, -0.1) is 0 Å². The van der Waals surface area contributed by atoms with Crippen molar-refractivity contribution < 1.29 is 52.8 Å². The van der Waals surface area contributed by atoms with Crippen molar-refractivity contribution in [1.82, 2.24) is 20.9 Å². The second-order valence-electron chi connectivity index (χ2n) is 17.4. The number of allylic oxidation sites excluding steroid dienone is 1. The molecule has 5 aliphatic rings. The third kappa shape index (κ3) is 14.1. The van der Waals surface area contributed by atoms with E-state index in [4.69, 9.17) is 18.9 Å². The van der Waals surface area contributed by atoms with Crippen LogP contribution in [0.15, 0.2) is 36.0 Å². The van der Waals surface area contributed by atoms with E-state index >= 15 is 0 Å². The third-order valence-corrected chi connectivity index (χ3v) is 12.3. The van der Waals surface area contributed by atoms with Gasteiger partial charge in [0.15, 0.2) is 0 Å². The summed E-state index contributed by atoms with van der Waals surface area (Å²) >= 11 is 0. The van der Waals surface area contributed by atoms with Crippen LogP contribution in [0.2, 0.25) is 0 Å². The van der Waals surface area contributed by atoms with Crippen LogP contribution in [0.5, 0.6) is 0 Å². The molecule has 1 saturated carbocycles. The molecule has 1 aliphatic carbocycles. The Morgan fingerprint density at radius 2 is 1.59 bits per heavy atom. The first-order valence-corrected chi connectivity index (χ1v) is 21.7. The second-order valence-corrected chi connectivity index (χ2v) is 17.4. The van der Waals surface area contributed by atoms with E-state index < -0.39 is 29.9 Å². The van der Waals surface area contributed by atoms with Gasteiger partial charge in [-0.1, -0.05) is 25.0 Å². The van der Waals surface area contributed by atoms with Crippen LogP contribution < -0.4 is 16.0 Å². The summed E-state index contributed by atoms with van der Waals surface area (Å²) in [6.07, 6.45) is 14.5. The number of aliphatic hydroxyl groups is 1. The Morgan fingerprint density at radius 1 is 0.932 bits per heavy atom. The van der Waals surface area contributed by atoms with E-state index in [1.54, 1.807) is 13.0 Å². The number of imide groups is 1. The van der Waals surface area contributed by atoms with Crippen molar-refractivity contribution in [3.8, 4) is 0 Å². The number of nitrogens with zero attached hydrogens (tertiary/aromatic N) is 1. The minimum Gasteiger partial charge on any atom is -0.459 e. The Balaban J connectivity index is 0.969. The Hall–Kier alpha value is -3.92. The molecule has 328 valence electrons. The van der Waals surface area contributed by atoms with Gasteiger partial charge in [0.1, 0.15) is 17.8 Å². The summed E-state index contributed by atoms with van der Waals surface area (Å²) in [6, 6.07) is -0.0380. The molecular weight excluding hydrogens is 761 g/mol. The monoisotopic (exact) mass is 826 g/mol. The van der Waals surface area contributed by atoms with Crippen LogP contribution in [0.1, 0.15) is 125 Å². The molecule has 15 heteroatoms. The summed E-state index contributed by atoms with van der Waals surface area (Å²) in [5.74, 6) is -1.09. The molecule has 59 heavy (non-hydrogen) atoms. The normalized spacial score (nSPS) is 32.6. The van der Waals surface area contributed by atoms with E-state index in [0.29, 0.717) is 51.7 Å². The van der Waals surface area contributed by atoms with Crippen molar-refractivity contribution in [2.24, 2.45) is 5.92 Å². The molecule has 4 heterocycles. The number of aliphatic hydroxyl groups excluding tert-OH is 1. The molecule has 0 aromatic carbocycles. The third-order valence-electron chi connectivity index (χ3n) is 12.3. The van der Waals surface area contributed by atoms with Crippen molar-refractivity contribution >= 4 is 35.5 Å². The molecule has 9 unspecified atom stereocenters. The number of unbranched alkanes of at least 4 members (excludes halogenated alkanes) is 2. The fourth-order valence-electron chi connectivity index (χ4n) is 8.76. The zero-order chi connectivity index (χ0) is 42.7. The molecule has 4 N–H and O–H groups in total. The highest BCUT2D eigenvalue weighted by atomic mass is 16.6. The van der Waals surface area contributed by atoms with Crippen LogP contribution in [-0.2, 0) is 47.7 Å². The lowest BCUT2D eigenvalue weighted by atomic mass is 9.85. The van der Waals surface area contributed by atoms with Gasteiger partial charge in [-0.05, 0) is 97.0 Å². The molecule has 4 aliphatic heterocycles. The van der Waals surface area contributed by atoms with Gasteiger partial charge in [0, 0.05) is 56.6 Å². The molecule has 1 spiro atoms. The van der Waals surface area contributed by atoms with E-state index in [0.717, 1.165) is 50.5 Å². The average molecular weight is 827 g/mol. The van der Waals surface area contributed by atoms with Crippen LogP contribution in [0.25, 0.3) is 0 Å². The van der Waals surface area contributed by atoms with E-state index in [-0.39, 0.29) is 78.3 Å². The summed E-state index contributed by atoms with van der Waals surface area (Å²) in [7, 11) is 0. The minimum absolute atomic E-state index is 0.000406. The minimum atomic E-state index is -0.765. The van der Waals surface area contributed by atoms with E-state index in [9.17, 15) is 33.9 Å². The van der Waals surface area contributed by atoms with Crippen molar-refractivity contribution in [1.29, 1.82) is 0 Å². The molecule has 4 fully saturated rings. The van der Waals surface area contributed by atoms with Gasteiger partial charge >= 0.3 is 5.97 Å². The highest BCUT2D eigenvalue weighted by Crippen LogP contribution is 2.44. The molecule has 5 rings (SSSR count). The molecule has 0 aromatic heterocycles. The largest absolute Gasteiger partial charge is 0.459 e. The van der Waals surface area contributed by atoms with Crippen LogP contribution in [0, 0.1) is 5.92 Å². The fraction of sp³-hybridized carbons (Fsp3) is 0.727. The van der Waals surface area contributed by atoms with Crippen LogP contribution in [0.3, 0.4) is 0 Å². The molecule has 5 amide bonds. The number of nitrogens with one attached hydrogen (secondary N) is 3. The van der Waals surface area contributed by atoms with E-state index in [2.05, 4.69) is 35.9 Å². The second kappa shape index (κ2) is 21.6. The Morgan fingerprint density at radius 3 is 2.24 bits per heavy atom. The SMILES string of the molecule is CC(=O)OC(C)C=CC(=O)NC1CC(C)C(CC=C(C)CCC2OC(CC(=O)NC3CCC(NC(=O)CCCCCN4C(=O)C=CC4=O)CC3)CC3(CO3)C2O)OC1C. The molecule has 0 bridgehead atoms. The van der Waals surface area contributed by atoms with Crippen molar-refractivity contribution in [3.63, 3.8) is 0 Å². The van der Waals surface area contributed by atoms with Crippen LogP contribution in [0.4, 0.5) is 0 Å². The van der Waals surface area contributed by atoms with Crippen LogP contribution in [-0.4, -0.2) is 119 Å². The number of carbonyl (C=O) groups excluding carboxylic acids is 6. The summed E-state index contributed by atoms with van der Waals surface area (Å²) < 4.78 is 23.5. The predicted molar refractivity (Wildman–Crippen MR) is 217 cm³/mol. The quantitative estimate of drug-likeness (QED) is 0.0370. The zero-order valence-electron chi connectivity index (χ0n) is 35.5. The number of hydrogen-bond donors (Lipinski definition) is 4. The number of rotatable bonds is 19. The summed E-state index contributed by atoms with van der Waals surface area (Å²) in [6.45, 7) is 10.0. The highest BCUT2D eigenvalue weighted by Gasteiger charge is 2.58. The van der Waals surface area contributed by atoms with E-state index in [1.165, 1.54) is 30.1 Å². The van der Waals surface area contributed by atoms with E-state index in [1.807, 2.05) is 6.92 Å². The Bertz CT molecular complexity index is 1580. The van der Waals surface area contributed by atoms with Crippen molar-refractivity contribution in [2.45, 2.75) is 185 Å². The van der Waals surface area contributed by atoms with Gasteiger partial charge in [0.25, 0.3) is 11.8 Å². The molecular formula is C44H66N4O11.